The van der Waals surface area contributed by atoms with Crippen LogP contribution < -0.4 is 0 Å². The number of carbonyl (C=O) groups is 1. The Bertz CT molecular complexity index is 591. The molecule has 0 atom stereocenters. The van der Waals surface area contributed by atoms with E-state index in [0.29, 0.717) is 17.6 Å². The SMILES string of the molecule is O=Cc1ccc(-c2cnc(C(F)(F)F)s2)c(F)c1. The summed E-state index contributed by atoms with van der Waals surface area (Å²) in [4.78, 5) is 13.7. The number of hydrogen-bond acceptors (Lipinski definition) is 3. The molecule has 0 fully saturated rings. The van der Waals surface area contributed by atoms with E-state index < -0.39 is 17.0 Å². The molecule has 18 heavy (non-hydrogen) atoms. The summed E-state index contributed by atoms with van der Waals surface area (Å²) in [6.45, 7) is 0. The third-order valence-corrected chi connectivity index (χ3v) is 3.22. The quantitative estimate of drug-likeness (QED) is 0.616. The number of benzene rings is 1. The van der Waals surface area contributed by atoms with Crippen LogP contribution in [-0.4, -0.2) is 11.3 Å². The fourth-order valence-electron chi connectivity index (χ4n) is 1.33. The first-order chi connectivity index (χ1) is 8.41. The lowest BCUT2D eigenvalue weighted by molar-refractivity contribution is -0.137. The van der Waals surface area contributed by atoms with E-state index in [1.54, 1.807) is 0 Å². The normalized spacial score (nSPS) is 11.6. The van der Waals surface area contributed by atoms with Gasteiger partial charge in [0.25, 0.3) is 0 Å². The van der Waals surface area contributed by atoms with Crippen LogP contribution in [0.5, 0.6) is 0 Å². The summed E-state index contributed by atoms with van der Waals surface area (Å²) in [5.41, 5.74) is 0.116. The smallest absolute Gasteiger partial charge is 0.298 e. The molecule has 94 valence electrons. The van der Waals surface area contributed by atoms with E-state index in [-0.39, 0.29) is 16.0 Å². The third-order valence-electron chi connectivity index (χ3n) is 2.14. The van der Waals surface area contributed by atoms with Crippen LogP contribution in [0.1, 0.15) is 15.4 Å². The molecule has 0 aliphatic rings. The molecular weight excluding hydrogens is 270 g/mol. The van der Waals surface area contributed by atoms with Gasteiger partial charge in [-0.15, -0.1) is 11.3 Å². The zero-order chi connectivity index (χ0) is 13.3. The molecule has 0 amide bonds. The fourth-order valence-corrected chi connectivity index (χ4v) is 2.14. The highest BCUT2D eigenvalue weighted by Crippen LogP contribution is 2.37. The van der Waals surface area contributed by atoms with E-state index >= 15 is 0 Å². The molecule has 0 saturated heterocycles. The van der Waals surface area contributed by atoms with Crippen molar-refractivity contribution < 1.29 is 22.4 Å². The van der Waals surface area contributed by atoms with Gasteiger partial charge < -0.3 is 0 Å². The van der Waals surface area contributed by atoms with Crippen LogP contribution in [0.3, 0.4) is 0 Å². The van der Waals surface area contributed by atoms with E-state index in [9.17, 15) is 22.4 Å². The van der Waals surface area contributed by atoms with Gasteiger partial charge in [-0.3, -0.25) is 4.79 Å². The van der Waals surface area contributed by atoms with Crippen molar-refractivity contribution in [3.63, 3.8) is 0 Å². The average Bonchev–Trinajstić information content (AvgIpc) is 2.77. The van der Waals surface area contributed by atoms with Crippen LogP contribution >= 0.6 is 11.3 Å². The van der Waals surface area contributed by atoms with Crippen molar-refractivity contribution in [3.05, 3.63) is 40.8 Å². The van der Waals surface area contributed by atoms with Gasteiger partial charge in [-0.2, -0.15) is 13.2 Å². The van der Waals surface area contributed by atoms with Crippen molar-refractivity contribution in [1.82, 2.24) is 4.98 Å². The lowest BCUT2D eigenvalue weighted by Crippen LogP contribution is -2.02. The zero-order valence-electron chi connectivity index (χ0n) is 8.66. The number of halogens is 4. The van der Waals surface area contributed by atoms with Crippen LogP contribution in [0.2, 0.25) is 0 Å². The Morgan fingerprint density at radius 1 is 1.28 bits per heavy atom. The maximum Gasteiger partial charge on any atom is 0.443 e. The van der Waals surface area contributed by atoms with Crippen molar-refractivity contribution in [2.75, 3.05) is 0 Å². The minimum atomic E-state index is -4.54. The molecule has 0 saturated carbocycles. The van der Waals surface area contributed by atoms with E-state index in [0.717, 1.165) is 12.3 Å². The van der Waals surface area contributed by atoms with Crippen LogP contribution in [0.15, 0.2) is 24.4 Å². The number of nitrogens with zero attached hydrogens (tertiary/aromatic N) is 1. The summed E-state index contributed by atoms with van der Waals surface area (Å²) in [6, 6.07) is 3.56. The van der Waals surface area contributed by atoms with Gasteiger partial charge in [-0.1, -0.05) is 6.07 Å². The minimum Gasteiger partial charge on any atom is -0.298 e. The Hall–Kier alpha value is -1.76. The van der Waals surface area contributed by atoms with Gasteiger partial charge in [-0.25, -0.2) is 9.37 Å². The monoisotopic (exact) mass is 275 g/mol. The Morgan fingerprint density at radius 3 is 2.50 bits per heavy atom. The van der Waals surface area contributed by atoms with Crippen LogP contribution in [0, 0.1) is 5.82 Å². The Balaban J connectivity index is 2.43. The van der Waals surface area contributed by atoms with Gasteiger partial charge in [-0.05, 0) is 12.1 Å². The second kappa shape index (κ2) is 4.49. The van der Waals surface area contributed by atoms with E-state index in [2.05, 4.69) is 4.98 Å². The van der Waals surface area contributed by atoms with Crippen molar-refractivity contribution in [2.24, 2.45) is 0 Å². The standard InChI is InChI=1S/C11H5F4NOS/c12-8-3-6(5-17)1-2-7(8)9-4-16-10(18-9)11(13,14)15/h1-5H. The van der Waals surface area contributed by atoms with Gasteiger partial charge in [0.05, 0.1) is 4.88 Å². The summed E-state index contributed by atoms with van der Waals surface area (Å²) in [7, 11) is 0. The van der Waals surface area contributed by atoms with Gasteiger partial charge in [0.15, 0.2) is 5.01 Å². The number of carbonyl (C=O) groups excluding carboxylic acids is 1. The van der Waals surface area contributed by atoms with E-state index in [1.807, 2.05) is 0 Å². The molecule has 0 spiro atoms. The molecule has 7 heteroatoms. The van der Waals surface area contributed by atoms with E-state index in [1.165, 1.54) is 12.1 Å². The Labute approximate surface area is 103 Å². The molecule has 0 bridgehead atoms. The van der Waals surface area contributed by atoms with Gasteiger partial charge in [0.1, 0.15) is 12.1 Å². The fraction of sp³-hybridized carbons (Fsp3) is 0.0909. The van der Waals surface area contributed by atoms with Crippen LogP contribution in [-0.2, 0) is 6.18 Å². The molecule has 2 rings (SSSR count). The highest BCUT2D eigenvalue weighted by atomic mass is 32.1. The number of rotatable bonds is 2. The summed E-state index contributed by atoms with van der Waals surface area (Å²) in [5, 5.41) is -1.03. The molecule has 0 aliphatic heterocycles. The van der Waals surface area contributed by atoms with Gasteiger partial charge >= 0.3 is 6.18 Å². The van der Waals surface area contributed by atoms with Crippen molar-refractivity contribution in [3.8, 4) is 10.4 Å². The lowest BCUT2D eigenvalue weighted by atomic mass is 10.1. The van der Waals surface area contributed by atoms with Crippen molar-refractivity contribution >= 4 is 17.6 Å². The Morgan fingerprint density at radius 2 is 2.00 bits per heavy atom. The topological polar surface area (TPSA) is 30.0 Å². The highest BCUT2D eigenvalue weighted by Gasteiger charge is 2.34. The van der Waals surface area contributed by atoms with Crippen molar-refractivity contribution in [1.29, 1.82) is 0 Å². The first kappa shape index (κ1) is 12.7. The van der Waals surface area contributed by atoms with Crippen molar-refractivity contribution in [2.45, 2.75) is 6.18 Å². The zero-order valence-corrected chi connectivity index (χ0v) is 9.48. The van der Waals surface area contributed by atoms with Gasteiger partial charge in [0, 0.05) is 17.3 Å². The summed E-state index contributed by atoms with van der Waals surface area (Å²) in [5.74, 6) is -0.753. The molecule has 0 N–H and O–H groups in total. The highest BCUT2D eigenvalue weighted by molar-refractivity contribution is 7.15. The van der Waals surface area contributed by atoms with Gasteiger partial charge in [0.2, 0.25) is 0 Å². The Kier molecular flexibility index (Phi) is 3.16. The second-order valence-electron chi connectivity index (χ2n) is 3.38. The molecular formula is C11H5F4NOS. The third kappa shape index (κ3) is 2.40. The maximum absolute atomic E-state index is 13.6. The van der Waals surface area contributed by atoms with Crippen LogP contribution in [0.4, 0.5) is 17.6 Å². The average molecular weight is 275 g/mol. The first-order valence-electron chi connectivity index (χ1n) is 4.70. The number of thiazole rings is 1. The molecule has 2 nitrogen and oxygen atoms in total. The largest absolute Gasteiger partial charge is 0.443 e. The number of aldehydes is 1. The first-order valence-corrected chi connectivity index (χ1v) is 5.51. The predicted molar refractivity (Wildman–Crippen MR) is 57.9 cm³/mol. The number of aromatic nitrogens is 1. The molecule has 0 radical (unpaired) electrons. The predicted octanol–water partition coefficient (Wildman–Crippen LogP) is 3.78. The van der Waals surface area contributed by atoms with E-state index in [4.69, 9.17) is 0 Å². The summed E-state index contributed by atoms with van der Waals surface area (Å²) in [6.07, 6.45) is -3.12. The molecule has 1 aromatic carbocycles. The number of alkyl halides is 3. The second-order valence-corrected chi connectivity index (χ2v) is 4.42. The molecule has 2 aromatic rings. The maximum atomic E-state index is 13.6. The summed E-state index contributed by atoms with van der Waals surface area (Å²) < 4.78 is 50.6. The number of hydrogen-bond donors (Lipinski definition) is 0. The molecule has 0 aliphatic carbocycles. The molecule has 0 unspecified atom stereocenters. The minimum absolute atomic E-state index is 0.00593. The summed E-state index contributed by atoms with van der Waals surface area (Å²) >= 11 is 0.356. The lowest BCUT2D eigenvalue weighted by Gasteiger charge is -2.01. The van der Waals surface area contributed by atoms with Crippen LogP contribution in [0.25, 0.3) is 10.4 Å². The molecule has 1 heterocycles. The molecule has 1 aromatic heterocycles.